The van der Waals surface area contributed by atoms with Crippen molar-refractivity contribution in [1.29, 1.82) is 0 Å². The lowest BCUT2D eigenvalue weighted by Crippen LogP contribution is -2.30. The second kappa shape index (κ2) is 53.2. The van der Waals surface area contributed by atoms with Gasteiger partial charge in [-0.05, 0) is 103 Å². The summed E-state index contributed by atoms with van der Waals surface area (Å²) in [4.78, 5) is 38.0. The second-order valence-corrected chi connectivity index (χ2v) is 17.7. The minimum atomic E-state index is -0.811. The predicted molar refractivity (Wildman–Crippen MR) is 279 cm³/mol. The number of carbonyl (C=O) groups is 3. The number of rotatable bonds is 48. The van der Waals surface area contributed by atoms with Crippen molar-refractivity contribution in [2.75, 3.05) is 13.2 Å². The summed E-state index contributed by atoms with van der Waals surface area (Å²) in [5.74, 6) is -0.976. The molecule has 1 atom stereocenters. The van der Waals surface area contributed by atoms with Gasteiger partial charge in [0.05, 0.1) is 0 Å². The summed E-state index contributed by atoms with van der Waals surface area (Å²) in [5, 5.41) is 0. The number of hydrogen-bond acceptors (Lipinski definition) is 6. The summed E-state index contributed by atoms with van der Waals surface area (Å²) in [6.45, 7) is 6.43. The zero-order chi connectivity index (χ0) is 47.2. The van der Waals surface area contributed by atoms with Gasteiger partial charge in [-0.1, -0.05) is 215 Å². The molecule has 0 heterocycles. The normalized spacial score (nSPS) is 12.7. The van der Waals surface area contributed by atoms with Crippen LogP contribution in [0, 0.1) is 0 Å². The average molecular weight is 905 g/mol. The van der Waals surface area contributed by atoms with Gasteiger partial charge in [-0.25, -0.2) is 0 Å². The first-order chi connectivity index (χ1) is 32.0. The summed E-state index contributed by atoms with van der Waals surface area (Å²) in [6, 6.07) is 0. The lowest BCUT2D eigenvalue weighted by atomic mass is 10.1. The first-order valence-electron chi connectivity index (χ1n) is 27.1. The third kappa shape index (κ3) is 51.4. The molecule has 0 saturated carbocycles. The van der Waals surface area contributed by atoms with Crippen LogP contribution in [0.15, 0.2) is 85.1 Å². The van der Waals surface area contributed by atoms with Crippen LogP contribution < -0.4 is 0 Å². The van der Waals surface area contributed by atoms with Gasteiger partial charge in [0, 0.05) is 19.3 Å². The van der Waals surface area contributed by atoms with Crippen LogP contribution in [0.25, 0.3) is 0 Å². The highest BCUT2D eigenvalue weighted by atomic mass is 16.6. The smallest absolute Gasteiger partial charge is 0.306 e. The predicted octanol–water partition coefficient (Wildman–Crippen LogP) is 18.0. The van der Waals surface area contributed by atoms with Crippen LogP contribution in [0.5, 0.6) is 0 Å². The Morgan fingerprint density at radius 2 is 0.631 bits per heavy atom. The fraction of sp³-hybridized carbons (Fsp3) is 0.712. The van der Waals surface area contributed by atoms with Gasteiger partial charge in [-0.15, -0.1) is 0 Å². The molecule has 0 N–H and O–H groups in total. The van der Waals surface area contributed by atoms with E-state index in [0.717, 1.165) is 89.9 Å². The molecule has 0 aliphatic carbocycles. The zero-order valence-electron chi connectivity index (χ0n) is 42.5. The second-order valence-electron chi connectivity index (χ2n) is 17.7. The molecule has 0 amide bonds. The highest BCUT2D eigenvalue weighted by molar-refractivity contribution is 5.71. The fourth-order valence-electron chi connectivity index (χ4n) is 7.28. The van der Waals surface area contributed by atoms with E-state index in [4.69, 9.17) is 14.2 Å². The third-order valence-electron chi connectivity index (χ3n) is 11.4. The maximum absolute atomic E-state index is 12.8. The van der Waals surface area contributed by atoms with Gasteiger partial charge in [0.1, 0.15) is 13.2 Å². The minimum Gasteiger partial charge on any atom is -0.462 e. The summed E-state index contributed by atoms with van der Waals surface area (Å²) in [7, 11) is 0. The molecule has 0 aliphatic rings. The minimum absolute atomic E-state index is 0.104. The van der Waals surface area contributed by atoms with Gasteiger partial charge in [0.25, 0.3) is 0 Å². The first-order valence-corrected chi connectivity index (χ1v) is 27.1. The summed E-state index contributed by atoms with van der Waals surface area (Å²) >= 11 is 0. The largest absolute Gasteiger partial charge is 0.462 e. The molecule has 0 bridgehead atoms. The van der Waals surface area contributed by atoms with E-state index in [1.54, 1.807) is 0 Å². The summed E-state index contributed by atoms with van der Waals surface area (Å²) in [6.07, 6.45) is 68.6. The van der Waals surface area contributed by atoms with Gasteiger partial charge in [-0.3, -0.25) is 14.4 Å². The zero-order valence-corrected chi connectivity index (χ0v) is 42.5. The molecule has 6 nitrogen and oxygen atoms in total. The van der Waals surface area contributed by atoms with E-state index < -0.39 is 6.10 Å². The quantitative estimate of drug-likeness (QED) is 0.0262. The van der Waals surface area contributed by atoms with Crippen molar-refractivity contribution >= 4 is 17.9 Å². The van der Waals surface area contributed by atoms with Crippen molar-refractivity contribution in [2.24, 2.45) is 0 Å². The van der Waals surface area contributed by atoms with E-state index in [2.05, 4.69) is 106 Å². The molecule has 0 aromatic rings. The van der Waals surface area contributed by atoms with Crippen LogP contribution in [0.3, 0.4) is 0 Å². The van der Waals surface area contributed by atoms with Crippen molar-refractivity contribution in [3.05, 3.63) is 85.1 Å². The maximum atomic E-state index is 12.8. The van der Waals surface area contributed by atoms with Crippen molar-refractivity contribution in [2.45, 2.75) is 258 Å². The summed E-state index contributed by atoms with van der Waals surface area (Å²) < 4.78 is 16.7. The standard InChI is InChI=1S/C59H100O6/c1-4-7-10-13-16-19-22-24-26-28-29-31-32-34-37-40-43-46-49-52-58(61)64-55-56(54-63-57(60)51-48-45-42-39-36-21-18-15-12-9-6-3)65-59(62)53-50-47-44-41-38-35-33-30-27-25-23-20-17-14-11-8-5-2/h8,11,15,17-18,20,25,27-29,33,35,41,44,56H,4-7,9-10,12-14,16,19,21-24,26,30-32,34,36-40,42-43,45-55H2,1-3H3/b11-8-,18-15-,20-17-,27-25-,29-28-,35-33-,44-41-. The van der Waals surface area contributed by atoms with E-state index in [0.29, 0.717) is 19.3 Å². The molecular weight excluding hydrogens is 805 g/mol. The van der Waals surface area contributed by atoms with Gasteiger partial charge < -0.3 is 14.2 Å². The van der Waals surface area contributed by atoms with Crippen LogP contribution in [-0.4, -0.2) is 37.2 Å². The Hall–Kier alpha value is -3.41. The molecule has 0 fully saturated rings. The summed E-state index contributed by atoms with van der Waals surface area (Å²) in [5.41, 5.74) is 0. The Balaban J connectivity index is 4.44. The molecule has 0 rings (SSSR count). The van der Waals surface area contributed by atoms with Crippen molar-refractivity contribution in [3.63, 3.8) is 0 Å². The van der Waals surface area contributed by atoms with Crippen LogP contribution in [-0.2, 0) is 28.6 Å². The number of allylic oxidation sites excluding steroid dienone is 14. The average Bonchev–Trinajstić information content (AvgIpc) is 3.30. The van der Waals surface area contributed by atoms with Gasteiger partial charge in [0.2, 0.25) is 0 Å². The highest BCUT2D eigenvalue weighted by Crippen LogP contribution is 2.14. The van der Waals surface area contributed by atoms with Crippen LogP contribution in [0.1, 0.15) is 252 Å². The van der Waals surface area contributed by atoms with Crippen LogP contribution >= 0.6 is 0 Å². The van der Waals surface area contributed by atoms with E-state index in [1.165, 1.54) is 116 Å². The Kier molecular flexibility index (Phi) is 50.4. The van der Waals surface area contributed by atoms with Crippen molar-refractivity contribution in [3.8, 4) is 0 Å². The number of carbonyl (C=O) groups excluding carboxylic acids is 3. The molecule has 0 aliphatic heterocycles. The molecule has 65 heavy (non-hydrogen) atoms. The molecule has 0 aromatic heterocycles. The molecule has 0 spiro atoms. The number of ether oxygens (including phenoxy) is 3. The Morgan fingerprint density at radius 1 is 0.323 bits per heavy atom. The number of hydrogen-bond donors (Lipinski definition) is 0. The van der Waals surface area contributed by atoms with Crippen molar-refractivity contribution < 1.29 is 28.6 Å². The molecule has 6 heteroatoms. The molecule has 0 saturated heterocycles. The third-order valence-corrected chi connectivity index (χ3v) is 11.4. The molecular formula is C59H100O6. The Labute approximate surface area is 401 Å². The van der Waals surface area contributed by atoms with Crippen molar-refractivity contribution in [1.82, 2.24) is 0 Å². The lowest BCUT2D eigenvalue weighted by molar-refractivity contribution is -0.167. The highest BCUT2D eigenvalue weighted by Gasteiger charge is 2.19. The number of unbranched alkanes of at least 4 members (excludes halogenated alkanes) is 23. The fourth-order valence-corrected chi connectivity index (χ4v) is 7.28. The van der Waals surface area contributed by atoms with E-state index in [-0.39, 0.29) is 37.5 Å². The maximum Gasteiger partial charge on any atom is 0.306 e. The molecule has 372 valence electrons. The van der Waals surface area contributed by atoms with Gasteiger partial charge in [-0.2, -0.15) is 0 Å². The first kappa shape index (κ1) is 61.6. The van der Waals surface area contributed by atoms with E-state index >= 15 is 0 Å². The van der Waals surface area contributed by atoms with Gasteiger partial charge in [0.15, 0.2) is 6.10 Å². The monoisotopic (exact) mass is 905 g/mol. The molecule has 0 radical (unpaired) electrons. The van der Waals surface area contributed by atoms with E-state index in [9.17, 15) is 14.4 Å². The van der Waals surface area contributed by atoms with Gasteiger partial charge >= 0.3 is 17.9 Å². The molecule has 1 unspecified atom stereocenters. The topological polar surface area (TPSA) is 78.9 Å². The number of esters is 3. The van der Waals surface area contributed by atoms with Crippen LogP contribution in [0.4, 0.5) is 0 Å². The Morgan fingerprint density at radius 3 is 1.05 bits per heavy atom. The molecule has 0 aromatic carbocycles. The Bertz CT molecular complexity index is 1270. The lowest BCUT2D eigenvalue weighted by Gasteiger charge is -2.18. The van der Waals surface area contributed by atoms with Crippen LogP contribution in [0.2, 0.25) is 0 Å². The SMILES string of the molecule is CC/C=C\C/C=C\C/C=C\C/C=C\C/C=C\CCCC(=O)OC(COC(=O)CCCCCCC/C=C\CCCC)COC(=O)CCCCCCCCC/C=C\CCCCCCCCCC. The van der Waals surface area contributed by atoms with E-state index in [1.807, 2.05) is 0 Å².